The summed E-state index contributed by atoms with van der Waals surface area (Å²) in [5.41, 5.74) is 3.14. The third-order valence-corrected chi connectivity index (χ3v) is 5.67. The number of non-ortho nitro benzene ring substituents is 1. The van der Waals surface area contributed by atoms with Crippen molar-refractivity contribution in [2.45, 2.75) is 33.1 Å². The first-order valence-electron chi connectivity index (χ1n) is 12.1. The van der Waals surface area contributed by atoms with Crippen LogP contribution in [-0.2, 0) is 4.79 Å². The quantitative estimate of drug-likeness (QED) is 0.165. The Hall–Kier alpha value is -5.00. The molecule has 0 aromatic heterocycles. The van der Waals surface area contributed by atoms with Crippen LogP contribution in [0.4, 0.5) is 11.4 Å². The number of amides is 1. The third-order valence-electron chi connectivity index (χ3n) is 5.67. The van der Waals surface area contributed by atoms with Gasteiger partial charge in [-0.05, 0) is 66.8 Å². The Morgan fingerprint density at radius 1 is 0.949 bits per heavy atom. The second kappa shape index (κ2) is 13.5. The van der Waals surface area contributed by atoms with Crippen LogP contribution in [0.3, 0.4) is 0 Å². The highest BCUT2D eigenvalue weighted by molar-refractivity contribution is 5.83. The summed E-state index contributed by atoms with van der Waals surface area (Å²) in [5.74, 6) is 0.794. The molecule has 0 aliphatic rings. The molecule has 0 radical (unpaired) electrons. The van der Waals surface area contributed by atoms with Gasteiger partial charge in [-0.2, -0.15) is 5.10 Å². The summed E-state index contributed by atoms with van der Waals surface area (Å²) >= 11 is 0. The molecule has 3 rings (SSSR count). The number of nitro benzene ring substituents is 2. The molecule has 1 amide bonds. The van der Waals surface area contributed by atoms with Crippen molar-refractivity contribution in [1.29, 1.82) is 0 Å². The number of nitrogens with zero attached hydrogens (tertiary/aromatic N) is 3. The number of hydrogen-bond donors (Lipinski definition) is 1. The van der Waals surface area contributed by atoms with E-state index in [-0.39, 0.29) is 30.5 Å². The SMILES string of the molecule is CCOc1cc(C=NNC(=O)COc2ccc(C(C)CC)cc2)ccc1Oc1ccc([N+](=O)[O-])cc1[N+](=O)[O-]. The molecule has 0 bridgehead atoms. The Morgan fingerprint density at radius 2 is 1.67 bits per heavy atom. The van der Waals surface area contributed by atoms with Crippen LogP contribution in [0.2, 0.25) is 0 Å². The lowest BCUT2D eigenvalue weighted by Gasteiger charge is -2.12. The second-order valence-corrected chi connectivity index (χ2v) is 8.37. The number of carbonyl (C=O) groups excluding carboxylic acids is 1. The molecule has 0 aliphatic carbocycles. The fourth-order valence-corrected chi connectivity index (χ4v) is 3.41. The molecule has 3 aromatic carbocycles. The molecular formula is C27H28N4O8. The molecule has 0 saturated heterocycles. The molecule has 0 fully saturated rings. The monoisotopic (exact) mass is 536 g/mol. The van der Waals surface area contributed by atoms with E-state index in [1.54, 1.807) is 19.1 Å². The van der Waals surface area contributed by atoms with Gasteiger partial charge >= 0.3 is 5.69 Å². The number of benzene rings is 3. The smallest absolute Gasteiger partial charge is 0.318 e. The summed E-state index contributed by atoms with van der Waals surface area (Å²) in [4.78, 5) is 33.0. The molecule has 12 heteroatoms. The molecule has 0 heterocycles. The fourth-order valence-electron chi connectivity index (χ4n) is 3.41. The molecule has 0 spiro atoms. The Bertz CT molecular complexity index is 1360. The van der Waals surface area contributed by atoms with Crippen molar-refractivity contribution in [3.8, 4) is 23.0 Å². The first-order chi connectivity index (χ1) is 18.7. The summed E-state index contributed by atoms with van der Waals surface area (Å²) in [5, 5.41) is 26.3. The predicted octanol–water partition coefficient (Wildman–Crippen LogP) is 5.74. The van der Waals surface area contributed by atoms with E-state index in [2.05, 4.69) is 24.4 Å². The van der Waals surface area contributed by atoms with Crippen molar-refractivity contribution < 1.29 is 28.9 Å². The number of nitrogens with one attached hydrogen (secondary N) is 1. The van der Waals surface area contributed by atoms with Crippen LogP contribution in [0.5, 0.6) is 23.0 Å². The number of hydrazone groups is 1. The van der Waals surface area contributed by atoms with Gasteiger partial charge in [0.2, 0.25) is 5.75 Å². The van der Waals surface area contributed by atoms with E-state index >= 15 is 0 Å². The van der Waals surface area contributed by atoms with Crippen molar-refractivity contribution in [2.24, 2.45) is 5.10 Å². The van der Waals surface area contributed by atoms with Gasteiger partial charge in [0.15, 0.2) is 18.1 Å². The second-order valence-electron chi connectivity index (χ2n) is 8.37. The molecule has 1 N–H and O–H groups in total. The molecule has 12 nitrogen and oxygen atoms in total. The van der Waals surface area contributed by atoms with E-state index in [4.69, 9.17) is 14.2 Å². The Labute approximate surface area is 224 Å². The standard InChI is InChI=1S/C27H28N4O8/c1-4-18(3)20-7-10-22(11-8-20)38-17-27(32)29-28-16-19-6-12-25(26(14-19)37-5-2)39-24-13-9-21(30(33)34)15-23(24)31(35)36/h6-16,18H,4-5,17H2,1-3H3,(H,29,32). The number of nitro groups is 2. The van der Waals surface area contributed by atoms with E-state index < -0.39 is 27.1 Å². The van der Waals surface area contributed by atoms with Gasteiger partial charge < -0.3 is 14.2 Å². The van der Waals surface area contributed by atoms with Gasteiger partial charge in [-0.3, -0.25) is 25.0 Å². The van der Waals surface area contributed by atoms with Gasteiger partial charge in [0.25, 0.3) is 11.6 Å². The maximum atomic E-state index is 12.1. The molecule has 1 unspecified atom stereocenters. The van der Waals surface area contributed by atoms with Crippen molar-refractivity contribution in [3.63, 3.8) is 0 Å². The lowest BCUT2D eigenvalue weighted by molar-refractivity contribution is -0.394. The number of ether oxygens (including phenoxy) is 3. The first-order valence-corrected chi connectivity index (χ1v) is 12.1. The highest BCUT2D eigenvalue weighted by Gasteiger charge is 2.22. The largest absolute Gasteiger partial charge is 0.490 e. The summed E-state index contributed by atoms with van der Waals surface area (Å²) in [7, 11) is 0. The minimum absolute atomic E-state index is 0.155. The van der Waals surface area contributed by atoms with Gasteiger partial charge in [0.05, 0.1) is 28.7 Å². The van der Waals surface area contributed by atoms with Gasteiger partial charge in [0, 0.05) is 6.07 Å². The number of hydrogen-bond acceptors (Lipinski definition) is 9. The highest BCUT2D eigenvalue weighted by Crippen LogP contribution is 2.38. The summed E-state index contributed by atoms with van der Waals surface area (Å²) in [6.45, 7) is 6.06. The molecule has 0 aliphatic heterocycles. The van der Waals surface area contributed by atoms with Crippen LogP contribution >= 0.6 is 0 Å². The van der Waals surface area contributed by atoms with Crippen LogP contribution in [0.25, 0.3) is 0 Å². The number of carbonyl (C=O) groups is 1. The summed E-state index contributed by atoms with van der Waals surface area (Å²) < 4.78 is 16.8. The average Bonchev–Trinajstić information content (AvgIpc) is 2.93. The molecule has 0 saturated carbocycles. The van der Waals surface area contributed by atoms with Crippen LogP contribution in [0, 0.1) is 20.2 Å². The third kappa shape index (κ3) is 7.99. The molecule has 39 heavy (non-hydrogen) atoms. The van der Waals surface area contributed by atoms with Crippen molar-refractivity contribution in [3.05, 3.63) is 92.0 Å². The molecule has 3 aromatic rings. The minimum atomic E-state index is -0.766. The Kier molecular flexibility index (Phi) is 9.90. The summed E-state index contributed by atoms with van der Waals surface area (Å²) in [6, 6.07) is 15.4. The van der Waals surface area contributed by atoms with Crippen molar-refractivity contribution >= 4 is 23.5 Å². The maximum absolute atomic E-state index is 12.1. The van der Waals surface area contributed by atoms with E-state index in [1.165, 1.54) is 17.8 Å². The van der Waals surface area contributed by atoms with Gasteiger partial charge in [-0.25, -0.2) is 5.43 Å². The topological polar surface area (TPSA) is 155 Å². The van der Waals surface area contributed by atoms with Crippen LogP contribution < -0.4 is 19.6 Å². The first kappa shape index (κ1) is 28.6. The summed E-state index contributed by atoms with van der Waals surface area (Å²) in [6.07, 6.45) is 2.42. The zero-order valence-electron chi connectivity index (χ0n) is 21.7. The maximum Gasteiger partial charge on any atom is 0.318 e. The zero-order valence-corrected chi connectivity index (χ0v) is 21.7. The Balaban J connectivity index is 1.64. The van der Waals surface area contributed by atoms with Gasteiger partial charge in [-0.1, -0.05) is 26.0 Å². The number of rotatable bonds is 13. The van der Waals surface area contributed by atoms with E-state index in [9.17, 15) is 25.0 Å². The molecule has 204 valence electrons. The van der Waals surface area contributed by atoms with Crippen LogP contribution in [0.15, 0.2) is 65.8 Å². The van der Waals surface area contributed by atoms with E-state index in [0.717, 1.165) is 24.6 Å². The molecular weight excluding hydrogens is 508 g/mol. The normalized spacial score (nSPS) is 11.6. The average molecular weight is 537 g/mol. The predicted molar refractivity (Wildman–Crippen MR) is 144 cm³/mol. The van der Waals surface area contributed by atoms with Crippen LogP contribution in [0.1, 0.15) is 44.2 Å². The van der Waals surface area contributed by atoms with Crippen molar-refractivity contribution in [2.75, 3.05) is 13.2 Å². The van der Waals surface area contributed by atoms with Gasteiger partial charge in [0.1, 0.15) is 5.75 Å². The lowest BCUT2D eigenvalue weighted by Crippen LogP contribution is -2.24. The highest BCUT2D eigenvalue weighted by atomic mass is 16.6. The van der Waals surface area contributed by atoms with Crippen LogP contribution in [-0.4, -0.2) is 35.2 Å². The van der Waals surface area contributed by atoms with E-state index in [1.807, 2.05) is 24.3 Å². The minimum Gasteiger partial charge on any atom is -0.490 e. The molecule has 1 atom stereocenters. The lowest BCUT2D eigenvalue weighted by atomic mass is 9.99. The van der Waals surface area contributed by atoms with Crippen molar-refractivity contribution in [1.82, 2.24) is 5.43 Å². The fraction of sp³-hybridized carbons (Fsp3) is 0.259. The zero-order chi connectivity index (χ0) is 28.4. The van der Waals surface area contributed by atoms with E-state index in [0.29, 0.717) is 17.2 Å². The van der Waals surface area contributed by atoms with Gasteiger partial charge in [-0.15, -0.1) is 0 Å². The Morgan fingerprint density at radius 3 is 2.31 bits per heavy atom.